The van der Waals surface area contributed by atoms with Gasteiger partial charge in [0, 0.05) is 23.6 Å². The van der Waals surface area contributed by atoms with E-state index in [9.17, 15) is 9.59 Å². The molecule has 0 spiro atoms. The van der Waals surface area contributed by atoms with Crippen LogP contribution in [0.2, 0.25) is 0 Å². The topological polar surface area (TPSA) is 73.2 Å². The summed E-state index contributed by atoms with van der Waals surface area (Å²) in [7, 11) is 1.62. The quantitative estimate of drug-likeness (QED) is 0.574. The molecular weight excluding hydrogens is 378 g/mol. The van der Waals surface area contributed by atoms with Gasteiger partial charge in [-0.25, -0.2) is 4.68 Å². The van der Waals surface area contributed by atoms with Crippen LogP contribution in [-0.4, -0.2) is 15.7 Å². The lowest BCUT2D eigenvalue weighted by Gasteiger charge is -2.27. The minimum absolute atomic E-state index is 0.141. The number of nitrogens with zero attached hydrogens (tertiary/aromatic N) is 2. The Hall–Kier alpha value is -3.93. The number of hydrogen-bond donors (Lipinski definition) is 1. The van der Waals surface area contributed by atoms with E-state index in [0.29, 0.717) is 22.6 Å². The molecule has 0 saturated carbocycles. The number of amides is 1. The van der Waals surface area contributed by atoms with Crippen LogP contribution in [0.15, 0.2) is 77.6 Å². The summed E-state index contributed by atoms with van der Waals surface area (Å²) >= 11 is 0. The van der Waals surface area contributed by atoms with Crippen molar-refractivity contribution in [3.05, 3.63) is 100.0 Å². The van der Waals surface area contributed by atoms with Crippen molar-refractivity contribution in [1.82, 2.24) is 15.1 Å². The van der Waals surface area contributed by atoms with E-state index >= 15 is 0 Å². The molecule has 0 saturated heterocycles. The average Bonchev–Trinajstić information content (AvgIpc) is 2.78. The lowest BCUT2D eigenvalue weighted by atomic mass is 9.87. The first-order valence-electron chi connectivity index (χ1n) is 9.72. The lowest BCUT2D eigenvalue weighted by molar-refractivity contribution is -0.122. The summed E-state index contributed by atoms with van der Waals surface area (Å²) in [5, 5.41) is 8.72. The van der Waals surface area contributed by atoms with Crippen molar-refractivity contribution < 1.29 is 9.53 Å². The Morgan fingerprint density at radius 2 is 1.50 bits per heavy atom. The molecule has 2 heterocycles. The van der Waals surface area contributed by atoms with Gasteiger partial charge in [-0.1, -0.05) is 54.6 Å². The molecule has 6 heteroatoms. The molecule has 1 aromatic heterocycles. The van der Waals surface area contributed by atoms with E-state index in [1.807, 2.05) is 66.7 Å². The van der Waals surface area contributed by atoms with Crippen molar-refractivity contribution in [3.63, 3.8) is 0 Å². The van der Waals surface area contributed by atoms with Gasteiger partial charge in [0.25, 0.3) is 5.56 Å². The SMILES string of the molecule is Cn1nc(CNC(=O)C2c3ccccc3Oc3ccccc32)c2ccccc2c1=O. The van der Waals surface area contributed by atoms with E-state index in [1.165, 1.54) is 4.68 Å². The first-order valence-corrected chi connectivity index (χ1v) is 9.72. The van der Waals surface area contributed by atoms with E-state index in [-0.39, 0.29) is 18.0 Å². The van der Waals surface area contributed by atoms with Crippen LogP contribution in [0, 0.1) is 0 Å². The standard InChI is InChI=1S/C24H19N3O3/c1-27-24(29)16-9-3-2-8-15(16)19(26-27)14-25-23(28)22-17-10-4-6-12-20(17)30-21-13-7-5-11-18(21)22/h2-13,22H,14H2,1H3,(H,25,28). The molecule has 0 atom stereocenters. The number of carbonyl (C=O) groups excluding carboxylic acids is 1. The molecule has 6 nitrogen and oxygen atoms in total. The molecule has 0 bridgehead atoms. The van der Waals surface area contributed by atoms with Gasteiger partial charge in [-0.2, -0.15) is 5.10 Å². The second kappa shape index (κ2) is 7.15. The van der Waals surface area contributed by atoms with Gasteiger partial charge in [0.1, 0.15) is 11.5 Å². The van der Waals surface area contributed by atoms with Crippen LogP contribution < -0.4 is 15.6 Å². The number of aryl methyl sites for hydroxylation is 1. The molecule has 0 radical (unpaired) electrons. The highest BCUT2D eigenvalue weighted by molar-refractivity contribution is 5.90. The molecule has 1 aliphatic heterocycles. The summed E-state index contributed by atoms with van der Waals surface area (Å²) in [5.74, 6) is 0.743. The fourth-order valence-corrected chi connectivity index (χ4v) is 3.97. The van der Waals surface area contributed by atoms with Crippen LogP contribution in [-0.2, 0) is 18.4 Å². The van der Waals surface area contributed by atoms with E-state index < -0.39 is 5.92 Å². The summed E-state index contributed by atoms with van der Waals surface area (Å²) in [6, 6.07) is 22.5. The molecule has 3 aromatic carbocycles. The highest BCUT2D eigenvalue weighted by Gasteiger charge is 2.32. The summed E-state index contributed by atoms with van der Waals surface area (Å²) < 4.78 is 7.29. The number of fused-ring (bicyclic) bond motifs is 3. The minimum atomic E-state index is -0.482. The highest BCUT2D eigenvalue weighted by atomic mass is 16.5. The molecule has 4 aromatic rings. The lowest BCUT2D eigenvalue weighted by Crippen LogP contribution is -2.32. The van der Waals surface area contributed by atoms with E-state index in [1.54, 1.807) is 13.1 Å². The average molecular weight is 397 g/mol. The first-order chi connectivity index (χ1) is 14.6. The van der Waals surface area contributed by atoms with Gasteiger partial charge in [-0.05, 0) is 18.2 Å². The van der Waals surface area contributed by atoms with Crippen LogP contribution >= 0.6 is 0 Å². The van der Waals surface area contributed by atoms with Gasteiger partial charge >= 0.3 is 0 Å². The molecule has 1 amide bonds. The van der Waals surface area contributed by atoms with Crippen molar-refractivity contribution in [2.24, 2.45) is 7.05 Å². The predicted octanol–water partition coefficient (Wildman–Crippen LogP) is 3.49. The number of hydrogen-bond acceptors (Lipinski definition) is 4. The fraction of sp³-hybridized carbons (Fsp3) is 0.125. The largest absolute Gasteiger partial charge is 0.457 e. The van der Waals surface area contributed by atoms with Gasteiger partial charge in [0.05, 0.1) is 23.5 Å². The van der Waals surface area contributed by atoms with Crippen molar-refractivity contribution in [1.29, 1.82) is 0 Å². The molecule has 5 rings (SSSR count). The Morgan fingerprint density at radius 3 is 2.17 bits per heavy atom. The van der Waals surface area contributed by atoms with E-state index in [0.717, 1.165) is 16.5 Å². The third-order valence-corrected chi connectivity index (χ3v) is 5.41. The Labute approximate surface area is 172 Å². The maximum Gasteiger partial charge on any atom is 0.274 e. The number of rotatable bonds is 3. The van der Waals surface area contributed by atoms with Crippen molar-refractivity contribution in [2.75, 3.05) is 0 Å². The number of para-hydroxylation sites is 2. The smallest absolute Gasteiger partial charge is 0.274 e. The van der Waals surface area contributed by atoms with Crippen molar-refractivity contribution in [2.45, 2.75) is 12.5 Å². The number of ether oxygens (including phenoxy) is 1. The van der Waals surface area contributed by atoms with E-state index in [2.05, 4.69) is 10.4 Å². The highest BCUT2D eigenvalue weighted by Crippen LogP contribution is 2.43. The second-order valence-corrected chi connectivity index (χ2v) is 7.25. The fourth-order valence-electron chi connectivity index (χ4n) is 3.97. The van der Waals surface area contributed by atoms with Gasteiger partial charge in [-0.15, -0.1) is 0 Å². The van der Waals surface area contributed by atoms with Gasteiger partial charge < -0.3 is 10.1 Å². The van der Waals surface area contributed by atoms with Crippen LogP contribution in [0.5, 0.6) is 11.5 Å². The molecule has 0 unspecified atom stereocenters. The van der Waals surface area contributed by atoms with Gasteiger partial charge in [0.2, 0.25) is 5.91 Å². The van der Waals surface area contributed by atoms with Crippen LogP contribution in [0.25, 0.3) is 10.8 Å². The van der Waals surface area contributed by atoms with Crippen LogP contribution in [0.4, 0.5) is 0 Å². The number of benzene rings is 3. The maximum atomic E-state index is 13.3. The second-order valence-electron chi connectivity index (χ2n) is 7.25. The summed E-state index contributed by atoms with van der Waals surface area (Å²) in [4.78, 5) is 25.7. The third kappa shape index (κ3) is 2.93. The zero-order valence-electron chi connectivity index (χ0n) is 16.3. The zero-order chi connectivity index (χ0) is 20.7. The normalized spacial score (nSPS) is 12.7. The molecular formula is C24H19N3O3. The minimum Gasteiger partial charge on any atom is -0.457 e. The van der Waals surface area contributed by atoms with Crippen molar-refractivity contribution in [3.8, 4) is 11.5 Å². The molecule has 1 N–H and O–H groups in total. The number of nitrogens with one attached hydrogen (secondary N) is 1. The predicted molar refractivity (Wildman–Crippen MR) is 114 cm³/mol. The molecule has 0 aliphatic carbocycles. The Kier molecular flexibility index (Phi) is 4.32. The molecule has 1 aliphatic rings. The van der Waals surface area contributed by atoms with Crippen LogP contribution in [0.1, 0.15) is 22.7 Å². The maximum absolute atomic E-state index is 13.3. The number of aromatic nitrogens is 2. The zero-order valence-corrected chi connectivity index (χ0v) is 16.3. The van der Waals surface area contributed by atoms with E-state index in [4.69, 9.17) is 4.74 Å². The molecule has 30 heavy (non-hydrogen) atoms. The summed E-state index contributed by atoms with van der Waals surface area (Å²) in [6.45, 7) is 0.217. The number of carbonyl (C=O) groups is 1. The van der Waals surface area contributed by atoms with Crippen LogP contribution in [0.3, 0.4) is 0 Å². The summed E-state index contributed by atoms with van der Waals surface area (Å²) in [5.41, 5.74) is 2.14. The third-order valence-electron chi connectivity index (χ3n) is 5.41. The Balaban J connectivity index is 1.50. The first kappa shape index (κ1) is 18.1. The Bertz CT molecular complexity index is 1300. The van der Waals surface area contributed by atoms with Crippen molar-refractivity contribution >= 4 is 16.7 Å². The molecule has 0 fully saturated rings. The van der Waals surface area contributed by atoms with Gasteiger partial charge in [-0.3, -0.25) is 9.59 Å². The Morgan fingerprint density at radius 1 is 0.933 bits per heavy atom. The molecule has 148 valence electrons. The summed E-state index contributed by atoms with van der Waals surface area (Å²) in [6.07, 6.45) is 0. The van der Waals surface area contributed by atoms with Gasteiger partial charge in [0.15, 0.2) is 0 Å². The monoisotopic (exact) mass is 397 g/mol.